The van der Waals surface area contributed by atoms with Crippen molar-refractivity contribution in [2.45, 2.75) is 45.0 Å². The molecule has 10 heteroatoms. The van der Waals surface area contributed by atoms with E-state index in [9.17, 15) is 18.9 Å². The zero-order chi connectivity index (χ0) is 27.1. The lowest BCUT2D eigenvalue weighted by Crippen LogP contribution is -2.31. The molecule has 0 radical (unpaired) electrons. The molecule has 1 rings (SSSR count). The van der Waals surface area contributed by atoms with Crippen molar-refractivity contribution in [1.29, 1.82) is 0 Å². The molecule has 0 aliphatic carbocycles. The Bertz CT molecular complexity index is 917. The molecule has 0 spiro atoms. The van der Waals surface area contributed by atoms with Crippen LogP contribution in [0.1, 0.15) is 44.4 Å². The minimum atomic E-state index is -2.62. The van der Waals surface area contributed by atoms with Gasteiger partial charge in [0.1, 0.15) is 13.2 Å². The number of ether oxygens (including phenoxy) is 3. The van der Waals surface area contributed by atoms with Gasteiger partial charge in [0.05, 0.1) is 13.0 Å². The van der Waals surface area contributed by atoms with Gasteiger partial charge in [-0.15, -0.1) is 0 Å². The van der Waals surface area contributed by atoms with Crippen molar-refractivity contribution in [3.8, 4) is 0 Å². The second-order valence-electron chi connectivity index (χ2n) is 8.35. The van der Waals surface area contributed by atoms with E-state index in [1.807, 2.05) is 37.3 Å². The van der Waals surface area contributed by atoms with Crippen LogP contribution in [0.4, 0.5) is 0 Å². The zero-order valence-electron chi connectivity index (χ0n) is 21.5. The summed E-state index contributed by atoms with van der Waals surface area (Å²) in [6.07, 6.45) is 0.197. The summed E-state index contributed by atoms with van der Waals surface area (Å²) in [6, 6.07) is 9.52. The Hall–Kier alpha value is -2.35. The number of esters is 3. The maximum absolute atomic E-state index is 12.9. The van der Waals surface area contributed by atoms with Crippen LogP contribution in [0, 0.1) is 0 Å². The monoisotopic (exact) mass is 540 g/mol. The van der Waals surface area contributed by atoms with E-state index in [1.54, 1.807) is 18.4 Å². The minimum Gasteiger partial charge on any atom is -0.458 e. The van der Waals surface area contributed by atoms with Gasteiger partial charge in [-0.2, -0.15) is 11.8 Å². The van der Waals surface area contributed by atoms with Gasteiger partial charge in [-0.1, -0.05) is 43.5 Å². The predicted octanol–water partition coefficient (Wildman–Crippen LogP) is 5.34. The van der Waals surface area contributed by atoms with Gasteiger partial charge in [0.25, 0.3) is 0 Å². The number of rotatable bonds is 17. The van der Waals surface area contributed by atoms with Crippen molar-refractivity contribution in [3.05, 3.63) is 60.2 Å². The Balaban J connectivity index is 2.82. The van der Waals surface area contributed by atoms with E-state index < -0.39 is 31.4 Å². The highest BCUT2D eigenvalue weighted by atomic mass is 32.2. The van der Waals surface area contributed by atoms with Gasteiger partial charge in [-0.25, -0.2) is 9.59 Å². The van der Waals surface area contributed by atoms with E-state index in [4.69, 9.17) is 18.7 Å². The van der Waals surface area contributed by atoms with Crippen LogP contribution in [0.15, 0.2) is 54.6 Å². The highest BCUT2D eigenvalue weighted by molar-refractivity contribution is 7.99. The third-order valence-corrected chi connectivity index (χ3v) is 8.05. The summed E-state index contributed by atoms with van der Waals surface area (Å²) in [5, 5.41) is -0.210. The second-order valence-corrected chi connectivity index (χ2v) is 12.4. The fourth-order valence-electron chi connectivity index (χ4n) is 2.94. The Labute approximate surface area is 218 Å². The SMILES string of the molecule is C=C(C)C(=O)OCC(COC(=O)C(=C)C)OC(=O)CC(SCCCP(C)(=O)OCC)c1ccccc1. The first-order valence-electron chi connectivity index (χ1n) is 11.7. The molecule has 0 fully saturated rings. The summed E-state index contributed by atoms with van der Waals surface area (Å²) in [5.41, 5.74) is 1.34. The standard InChI is InChI=1S/C26H37O8PS/c1-7-33-35(6,30)14-11-15-36-23(21-12-9-8-10-13-21)16-24(27)34-22(17-31-25(28)19(2)3)18-32-26(29)20(4)5/h8-10,12-13,22-23H,2,4,7,11,14-18H2,1,3,5-6H3. The normalized spacial score (nSPS) is 13.4. The summed E-state index contributed by atoms with van der Waals surface area (Å²) in [5.74, 6) is -1.14. The molecule has 2 atom stereocenters. The quantitative estimate of drug-likeness (QED) is 0.0851. The van der Waals surface area contributed by atoms with E-state index in [-0.39, 0.29) is 36.0 Å². The summed E-state index contributed by atoms with van der Waals surface area (Å²) < 4.78 is 33.4. The molecule has 200 valence electrons. The average molecular weight is 541 g/mol. The number of benzene rings is 1. The molecule has 0 saturated heterocycles. The molecule has 0 aliphatic rings. The van der Waals surface area contributed by atoms with Gasteiger partial charge in [0, 0.05) is 29.2 Å². The number of carbonyl (C=O) groups excluding carboxylic acids is 3. The molecule has 0 bridgehead atoms. The lowest BCUT2D eigenvalue weighted by atomic mass is 10.1. The number of hydrogen-bond donors (Lipinski definition) is 0. The predicted molar refractivity (Wildman–Crippen MR) is 142 cm³/mol. The largest absolute Gasteiger partial charge is 0.458 e. The van der Waals surface area contributed by atoms with Crippen LogP contribution in [0.2, 0.25) is 0 Å². The first-order valence-corrected chi connectivity index (χ1v) is 15.0. The smallest absolute Gasteiger partial charge is 0.333 e. The molecule has 0 heterocycles. The van der Waals surface area contributed by atoms with E-state index >= 15 is 0 Å². The van der Waals surface area contributed by atoms with Gasteiger partial charge < -0.3 is 18.7 Å². The Kier molecular flexibility index (Phi) is 14.4. The zero-order valence-corrected chi connectivity index (χ0v) is 23.2. The number of hydrogen-bond acceptors (Lipinski definition) is 9. The lowest BCUT2D eigenvalue weighted by molar-refractivity contribution is -0.164. The van der Waals surface area contributed by atoms with Crippen LogP contribution >= 0.6 is 19.1 Å². The molecular formula is C26H37O8PS. The van der Waals surface area contributed by atoms with Crippen molar-refractivity contribution in [2.75, 3.05) is 38.4 Å². The molecule has 0 aliphatic heterocycles. The third kappa shape index (κ3) is 13.1. The van der Waals surface area contributed by atoms with Crippen LogP contribution < -0.4 is 0 Å². The first-order chi connectivity index (χ1) is 16.9. The van der Waals surface area contributed by atoms with Gasteiger partial charge in [0.15, 0.2) is 13.5 Å². The molecule has 0 saturated carbocycles. The fraction of sp³-hybridized carbons (Fsp3) is 0.500. The van der Waals surface area contributed by atoms with Crippen LogP contribution in [0.3, 0.4) is 0 Å². The molecule has 1 aromatic carbocycles. The number of carbonyl (C=O) groups is 3. The van der Waals surface area contributed by atoms with E-state index in [2.05, 4.69) is 13.2 Å². The van der Waals surface area contributed by atoms with E-state index in [0.29, 0.717) is 24.9 Å². The summed E-state index contributed by atoms with van der Waals surface area (Å²) in [6.45, 7) is 13.3. The van der Waals surface area contributed by atoms with Gasteiger partial charge >= 0.3 is 17.9 Å². The van der Waals surface area contributed by atoms with Crippen LogP contribution in [0.5, 0.6) is 0 Å². The molecule has 8 nitrogen and oxygen atoms in total. The van der Waals surface area contributed by atoms with Gasteiger partial charge in [-0.05, 0) is 38.5 Å². The topological polar surface area (TPSA) is 105 Å². The van der Waals surface area contributed by atoms with E-state index in [1.165, 1.54) is 13.8 Å². The second kappa shape index (κ2) is 16.4. The highest BCUT2D eigenvalue weighted by Gasteiger charge is 2.24. The summed E-state index contributed by atoms with van der Waals surface area (Å²) in [4.78, 5) is 36.4. The summed E-state index contributed by atoms with van der Waals surface area (Å²) in [7, 11) is -2.62. The van der Waals surface area contributed by atoms with Gasteiger partial charge in [-0.3, -0.25) is 9.36 Å². The molecular weight excluding hydrogens is 503 g/mol. The Morgan fingerprint density at radius 2 is 1.56 bits per heavy atom. The fourth-order valence-corrected chi connectivity index (χ4v) is 5.76. The number of thioether (sulfide) groups is 1. The summed E-state index contributed by atoms with van der Waals surface area (Å²) >= 11 is 1.56. The molecule has 2 unspecified atom stereocenters. The Morgan fingerprint density at radius 1 is 1.00 bits per heavy atom. The highest BCUT2D eigenvalue weighted by Crippen LogP contribution is 2.43. The van der Waals surface area contributed by atoms with Crippen LogP contribution in [-0.4, -0.2) is 62.4 Å². The van der Waals surface area contributed by atoms with Crippen molar-refractivity contribution in [3.63, 3.8) is 0 Å². The third-order valence-electron chi connectivity index (χ3n) is 4.75. The van der Waals surface area contributed by atoms with Crippen LogP contribution in [0.25, 0.3) is 0 Å². The lowest BCUT2D eigenvalue weighted by Gasteiger charge is -2.21. The Morgan fingerprint density at radius 3 is 2.06 bits per heavy atom. The van der Waals surface area contributed by atoms with Crippen LogP contribution in [-0.2, 0) is 37.7 Å². The molecule has 0 N–H and O–H groups in total. The molecule has 36 heavy (non-hydrogen) atoms. The van der Waals surface area contributed by atoms with Crippen molar-refractivity contribution in [2.24, 2.45) is 0 Å². The molecule has 0 amide bonds. The minimum absolute atomic E-state index is 0.0449. The maximum Gasteiger partial charge on any atom is 0.333 e. The molecule has 1 aromatic rings. The van der Waals surface area contributed by atoms with Crippen molar-refractivity contribution < 1.29 is 37.7 Å². The van der Waals surface area contributed by atoms with Crippen molar-refractivity contribution in [1.82, 2.24) is 0 Å². The average Bonchev–Trinajstić information content (AvgIpc) is 2.82. The van der Waals surface area contributed by atoms with Gasteiger partial charge in [0.2, 0.25) is 0 Å². The van der Waals surface area contributed by atoms with E-state index in [0.717, 1.165) is 5.56 Å². The van der Waals surface area contributed by atoms with Crippen molar-refractivity contribution >= 4 is 37.0 Å². The maximum atomic E-state index is 12.9. The molecule has 0 aromatic heterocycles. The first kappa shape index (κ1) is 31.7.